The van der Waals surface area contributed by atoms with Gasteiger partial charge in [-0.15, -0.1) is 0 Å². The second kappa shape index (κ2) is 15.1. The lowest BCUT2D eigenvalue weighted by molar-refractivity contribution is 0.0682. The molecule has 0 amide bonds. The first-order valence-electron chi connectivity index (χ1n) is 11.2. The summed E-state index contributed by atoms with van der Waals surface area (Å²) in [7, 11) is 4.93. The summed E-state index contributed by atoms with van der Waals surface area (Å²) in [4.78, 5) is 46.7. The highest BCUT2D eigenvalue weighted by atomic mass is 33.1. The number of carbonyl (C=O) groups is 4. The summed E-state index contributed by atoms with van der Waals surface area (Å²) in [5.41, 5.74) is 0.825. The van der Waals surface area contributed by atoms with Crippen LogP contribution >= 0.6 is 43.2 Å². The molecule has 0 bridgehead atoms. The molecule has 4 rings (SSSR count). The first-order chi connectivity index (χ1) is 19.2. The summed E-state index contributed by atoms with van der Waals surface area (Å²) >= 11 is 0. The van der Waals surface area contributed by atoms with E-state index in [1.807, 2.05) is 0 Å². The molecule has 0 saturated heterocycles. The van der Waals surface area contributed by atoms with Crippen molar-refractivity contribution < 1.29 is 39.6 Å². The Labute approximate surface area is 244 Å². The van der Waals surface area contributed by atoms with E-state index in [1.54, 1.807) is 72.8 Å². The van der Waals surface area contributed by atoms with E-state index in [9.17, 15) is 19.2 Å². The van der Waals surface area contributed by atoms with Crippen molar-refractivity contribution in [2.75, 3.05) is 0 Å². The van der Waals surface area contributed by atoms with Crippen LogP contribution in [0.2, 0.25) is 0 Å². The van der Waals surface area contributed by atoms with Crippen molar-refractivity contribution in [3.8, 4) is 0 Å². The van der Waals surface area contributed by atoms with Gasteiger partial charge in [0.25, 0.3) is 0 Å². The van der Waals surface area contributed by atoms with Gasteiger partial charge in [-0.25, -0.2) is 19.2 Å². The van der Waals surface area contributed by atoms with Gasteiger partial charge < -0.3 is 20.4 Å². The summed E-state index contributed by atoms with van der Waals surface area (Å²) in [6, 6.07) is 26.5. The number of rotatable bonds is 10. The Morgan fingerprint density at radius 3 is 0.700 bits per heavy atom. The lowest BCUT2D eigenvalue weighted by Crippen LogP contribution is -1.98. The first kappa shape index (κ1) is 30.7. The van der Waals surface area contributed by atoms with Crippen molar-refractivity contribution in [3.05, 3.63) is 119 Å². The molecule has 4 aromatic rings. The lowest BCUT2D eigenvalue weighted by atomic mass is 10.2. The van der Waals surface area contributed by atoms with Crippen molar-refractivity contribution in [2.24, 2.45) is 0 Å². The molecule has 0 aromatic heterocycles. The first-order valence-corrected chi connectivity index (χ1v) is 15.5. The van der Waals surface area contributed by atoms with E-state index in [1.165, 1.54) is 67.4 Å². The molecule has 204 valence electrons. The van der Waals surface area contributed by atoms with Crippen LogP contribution in [0.15, 0.2) is 117 Å². The van der Waals surface area contributed by atoms with Gasteiger partial charge in [0.05, 0.1) is 22.3 Å². The van der Waals surface area contributed by atoms with Crippen LogP contribution in [0.5, 0.6) is 0 Å². The number of carboxylic acids is 4. The molecule has 0 unspecified atom stereocenters. The Balaban J connectivity index is 0.000000220. The molecule has 0 aliphatic rings. The smallest absolute Gasteiger partial charge is 0.336 e. The number of hydrogen-bond donors (Lipinski definition) is 4. The highest BCUT2D eigenvalue weighted by Crippen LogP contribution is 2.41. The summed E-state index contributed by atoms with van der Waals surface area (Å²) < 4.78 is 0. The van der Waals surface area contributed by atoms with Gasteiger partial charge in [0.2, 0.25) is 0 Å². The topological polar surface area (TPSA) is 149 Å². The number of aromatic carboxylic acids is 4. The summed E-state index contributed by atoms with van der Waals surface area (Å²) in [6.45, 7) is 0. The van der Waals surface area contributed by atoms with Crippen molar-refractivity contribution >= 4 is 67.1 Å². The molecule has 0 spiro atoms. The molecule has 0 heterocycles. The second-order valence-corrected chi connectivity index (χ2v) is 12.0. The predicted octanol–water partition coefficient (Wildman–Crippen LogP) is 7.76. The second-order valence-electron chi connectivity index (χ2n) is 7.54. The predicted molar refractivity (Wildman–Crippen MR) is 157 cm³/mol. The molecule has 8 nitrogen and oxygen atoms in total. The van der Waals surface area contributed by atoms with Gasteiger partial charge in [0, 0.05) is 19.6 Å². The minimum Gasteiger partial charge on any atom is -0.478 e. The van der Waals surface area contributed by atoms with Gasteiger partial charge in [-0.3, -0.25) is 0 Å². The third kappa shape index (κ3) is 8.58. The third-order valence-electron chi connectivity index (χ3n) is 4.91. The maximum Gasteiger partial charge on any atom is 0.336 e. The summed E-state index contributed by atoms with van der Waals surface area (Å²) in [5, 5.41) is 36.4. The zero-order chi connectivity index (χ0) is 29.1. The zero-order valence-electron chi connectivity index (χ0n) is 20.3. The van der Waals surface area contributed by atoms with Crippen molar-refractivity contribution in [2.45, 2.75) is 19.6 Å². The van der Waals surface area contributed by atoms with Crippen LogP contribution in [0, 0.1) is 0 Å². The van der Waals surface area contributed by atoms with Gasteiger partial charge >= 0.3 is 23.9 Å². The van der Waals surface area contributed by atoms with Gasteiger partial charge in [0.1, 0.15) is 0 Å². The van der Waals surface area contributed by atoms with Crippen molar-refractivity contribution in [1.29, 1.82) is 0 Å². The minimum absolute atomic E-state index is 0.206. The molecule has 0 fully saturated rings. The fourth-order valence-electron chi connectivity index (χ4n) is 3.04. The summed E-state index contributed by atoms with van der Waals surface area (Å²) in [6.07, 6.45) is 0. The van der Waals surface area contributed by atoms with E-state index in [4.69, 9.17) is 20.4 Å². The maximum atomic E-state index is 11.1. The van der Waals surface area contributed by atoms with Crippen LogP contribution in [0.3, 0.4) is 0 Å². The van der Waals surface area contributed by atoms with Gasteiger partial charge in [-0.2, -0.15) is 0 Å². The molecule has 0 aliphatic carbocycles. The van der Waals surface area contributed by atoms with Crippen LogP contribution in [-0.4, -0.2) is 44.3 Å². The molecule has 0 radical (unpaired) electrons. The van der Waals surface area contributed by atoms with Crippen LogP contribution in [-0.2, 0) is 0 Å². The minimum atomic E-state index is -1.000. The Hall–Kier alpha value is -3.84. The number of carboxylic acid groups (broad SMARTS) is 4. The molecule has 0 atom stereocenters. The fraction of sp³-hybridized carbons (Fsp3) is 0. The standard InChI is InChI=1S/2C14H10O4S2/c2*15-13(16)9-5-1-3-7-11(9)19-20-12-8-4-2-6-10(12)14(17)18/h2*1-8H,(H,15,16)(H,17,18). The van der Waals surface area contributed by atoms with Crippen LogP contribution in [0.1, 0.15) is 41.4 Å². The van der Waals surface area contributed by atoms with Gasteiger partial charge in [-0.05, 0) is 48.5 Å². The van der Waals surface area contributed by atoms with Crippen molar-refractivity contribution in [3.63, 3.8) is 0 Å². The quantitative estimate of drug-likeness (QED) is 0.130. The van der Waals surface area contributed by atoms with E-state index >= 15 is 0 Å². The monoisotopic (exact) mass is 612 g/mol. The molecule has 0 saturated carbocycles. The number of benzene rings is 4. The molecule has 4 aromatic carbocycles. The largest absolute Gasteiger partial charge is 0.478 e. The van der Waals surface area contributed by atoms with Crippen LogP contribution < -0.4 is 0 Å². The Bertz CT molecular complexity index is 1310. The van der Waals surface area contributed by atoms with Gasteiger partial charge in [0.15, 0.2) is 0 Å². The van der Waals surface area contributed by atoms with Gasteiger partial charge in [-0.1, -0.05) is 91.7 Å². The Morgan fingerprint density at radius 1 is 0.350 bits per heavy atom. The molecular formula is C28H20O8S4. The van der Waals surface area contributed by atoms with E-state index in [0.29, 0.717) is 19.6 Å². The maximum absolute atomic E-state index is 11.1. The van der Waals surface area contributed by atoms with E-state index in [-0.39, 0.29) is 22.3 Å². The fourth-order valence-corrected chi connectivity index (χ4v) is 7.74. The Morgan fingerprint density at radius 2 is 0.525 bits per heavy atom. The third-order valence-corrected chi connectivity index (χ3v) is 9.88. The normalized spacial score (nSPS) is 10.2. The van der Waals surface area contributed by atoms with E-state index in [0.717, 1.165) is 0 Å². The SMILES string of the molecule is O=C(O)c1ccccc1SSc1ccccc1C(=O)O.O=C(O)c1ccccc1SSc1ccccc1C(=O)O. The molecular weight excluding hydrogens is 593 g/mol. The van der Waals surface area contributed by atoms with Crippen molar-refractivity contribution in [1.82, 2.24) is 0 Å². The zero-order valence-corrected chi connectivity index (χ0v) is 23.6. The highest BCUT2D eigenvalue weighted by molar-refractivity contribution is 8.77. The van der Waals surface area contributed by atoms with E-state index < -0.39 is 23.9 Å². The average molecular weight is 613 g/mol. The highest BCUT2D eigenvalue weighted by Gasteiger charge is 2.15. The molecule has 40 heavy (non-hydrogen) atoms. The summed E-state index contributed by atoms with van der Waals surface area (Å²) in [5.74, 6) is -4.00. The number of hydrogen-bond acceptors (Lipinski definition) is 8. The van der Waals surface area contributed by atoms with Crippen LogP contribution in [0.4, 0.5) is 0 Å². The molecule has 4 N–H and O–H groups in total. The average Bonchev–Trinajstić information content (AvgIpc) is 2.95. The molecule has 12 heteroatoms. The lowest BCUT2D eigenvalue weighted by Gasteiger charge is -2.06. The molecule has 0 aliphatic heterocycles. The Kier molecular flexibility index (Phi) is 11.6. The van der Waals surface area contributed by atoms with Crippen LogP contribution in [0.25, 0.3) is 0 Å². The van der Waals surface area contributed by atoms with E-state index in [2.05, 4.69) is 0 Å².